The SMILES string of the molecule is CC=CC(=O)c1ccc(O)c(-c2cc(C(=O)CCC)ccc2O)c1. The van der Waals surface area contributed by atoms with Crippen molar-refractivity contribution in [2.75, 3.05) is 0 Å². The van der Waals surface area contributed by atoms with E-state index in [1.807, 2.05) is 6.92 Å². The largest absolute Gasteiger partial charge is 0.507 e. The third-order valence-electron chi connectivity index (χ3n) is 3.68. The Morgan fingerprint density at radius 1 is 0.958 bits per heavy atom. The Bertz CT molecular complexity index is 803. The Hall–Kier alpha value is -2.88. The van der Waals surface area contributed by atoms with Crippen molar-refractivity contribution in [2.24, 2.45) is 0 Å². The maximum Gasteiger partial charge on any atom is 0.185 e. The number of phenolic OH excluding ortho intramolecular Hbond substituents is 2. The van der Waals surface area contributed by atoms with E-state index in [1.165, 1.54) is 30.3 Å². The van der Waals surface area contributed by atoms with Crippen molar-refractivity contribution in [3.8, 4) is 22.6 Å². The van der Waals surface area contributed by atoms with Crippen molar-refractivity contribution in [1.82, 2.24) is 0 Å². The average Bonchev–Trinajstić information content (AvgIpc) is 2.56. The first kappa shape index (κ1) is 17.5. The summed E-state index contributed by atoms with van der Waals surface area (Å²) in [6.07, 6.45) is 4.21. The molecule has 0 heterocycles. The Kier molecular flexibility index (Phi) is 5.53. The molecule has 0 unspecified atom stereocenters. The zero-order chi connectivity index (χ0) is 17.7. The van der Waals surface area contributed by atoms with E-state index in [4.69, 9.17) is 0 Å². The fourth-order valence-electron chi connectivity index (χ4n) is 2.45. The average molecular weight is 324 g/mol. The van der Waals surface area contributed by atoms with E-state index < -0.39 is 0 Å². The highest BCUT2D eigenvalue weighted by Gasteiger charge is 2.15. The number of rotatable bonds is 6. The fraction of sp³-hybridized carbons (Fsp3) is 0.200. The quantitative estimate of drug-likeness (QED) is 0.606. The molecule has 0 bridgehead atoms. The molecule has 0 spiro atoms. The first-order valence-corrected chi connectivity index (χ1v) is 7.84. The van der Waals surface area contributed by atoms with E-state index >= 15 is 0 Å². The van der Waals surface area contributed by atoms with Gasteiger partial charge in [0.1, 0.15) is 11.5 Å². The van der Waals surface area contributed by atoms with Gasteiger partial charge in [-0.05, 0) is 55.8 Å². The van der Waals surface area contributed by atoms with Gasteiger partial charge in [-0.2, -0.15) is 0 Å². The van der Waals surface area contributed by atoms with Crippen molar-refractivity contribution in [3.63, 3.8) is 0 Å². The zero-order valence-corrected chi connectivity index (χ0v) is 13.7. The lowest BCUT2D eigenvalue weighted by molar-refractivity contribution is 0.0980. The number of hydrogen-bond donors (Lipinski definition) is 2. The number of benzene rings is 2. The number of phenols is 2. The van der Waals surface area contributed by atoms with E-state index in [2.05, 4.69) is 0 Å². The molecule has 4 nitrogen and oxygen atoms in total. The molecule has 0 aliphatic carbocycles. The van der Waals surface area contributed by atoms with Gasteiger partial charge < -0.3 is 10.2 Å². The molecule has 0 saturated heterocycles. The topological polar surface area (TPSA) is 74.6 Å². The monoisotopic (exact) mass is 324 g/mol. The van der Waals surface area contributed by atoms with Crippen molar-refractivity contribution in [1.29, 1.82) is 0 Å². The van der Waals surface area contributed by atoms with Crippen LogP contribution in [-0.2, 0) is 0 Å². The normalized spacial score (nSPS) is 10.9. The predicted molar refractivity (Wildman–Crippen MR) is 93.6 cm³/mol. The van der Waals surface area contributed by atoms with Crippen molar-refractivity contribution < 1.29 is 19.8 Å². The van der Waals surface area contributed by atoms with Gasteiger partial charge >= 0.3 is 0 Å². The van der Waals surface area contributed by atoms with Crippen molar-refractivity contribution in [2.45, 2.75) is 26.7 Å². The Balaban J connectivity index is 2.54. The second-order valence-corrected chi connectivity index (χ2v) is 5.50. The summed E-state index contributed by atoms with van der Waals surface area (Å²) < 4.78 is 0. The van der Waals surface area contributed by atoms with Gasteiger partial charge in [-0.1, -0.05) is 13.0 Å². The first-order valence-electron chi connectivity index (χ1n) is 7.84. The second kappa shape index (κ2) is 7.59. The Morgan fingerprint density at radius 2 is 1.50 bits per heavy atom. The summed E-state index contributed by atoms with van der Waals surface area (Å²) >= 11 is 0. The van der Waals surface area contributed by atoms with Crippen molar-refractivity contribution >= 4 is 11.6 Å². The molecule has 2 aromatic rings. The third kappa shape index (κ3) is 3.71. The minimum absolute atomic E-state index is 0.0283. The lowest BCUT2D eigenvalue weighted by Gasteiger charge is -2.10. The molecule has 0 aromatic heterocycles. The van der Waals surface area contributed by atoms with Crippen LogP contribution in [0, 0.1) is 0 Å². The van der Waals surface area contributed by atoms with Crippen LogP contribution in [0.4, 0.5) is 0 Å². The predicted octanol–water partition coefficient (Wildman–Crippen LogP) is 4.51. The van der Waals surface area contributed by atoms with Crippen LogP contribution in [0.3, 0.4) is 0 Å². The summed E-state index contributed by atoms with van der Waals surface area (Å²) in [6, 6.07) is 8.98. The molecule has 0 radical (unpaired) electrons. The number of Topliss-reactive ketones (excluding diaryl/α,β-unsaturated/α-hetero) is 1. The molecule has 0 aliphatic heterocycles. The minimum atomic E-state index is -0.198. The molecule has 0 atom stereocenters. The molecular formula is C20H20O4. The summed E-state index contributed by atoms with van der Waals surface area (Å²) in [6.45, 7) is 3.66. The Labute approximate surface area is 141 Å². The summed E-state index contributed by atoms with van der Waals surface area (Å²) in [7, 11) is 0. The zero-order valence-electron chi connectivity index (χ0n) is 13.7. The fourth-order valence-corrected chi connectivity index (χ4v) is 2.45. The molecule has 4 heteroatoms. The van der Waals surface area contributed by atoms with E-state index in [9.17, 15) is 19.8 Å². The molecule has 124 valence electrons. The third-order valence-corrected chi connectivity index (χ3v) is 3.68. The number of hydrogen-bond acceptors (Lipinski definition) is 4. The van der Waals surface area contributed by atoms with Gasteiger partial charge in [0.05, 0.1) is 0 Å². The van der Waals surface area contributed by atoms with Crippen LogP contribution in [0.15, 0.2) is 48.6 Å². The van der Waals surface area contributed by atoms with Crippen LogP contribution in [0.25, 0.3) is 11.1 Å². The molecule has 24 heavy (non-hydrogen) atoms. The molecular weight excluding hydrogens is 304 g/mol. The molecule has 0 aliphatic rings. The highest BCUT2D eigenvalue weighted by molar-refractivity contribution is 6.05. The molecule has 0 fully saturated rings. The van der Waals surface area contributed by atoms with Crippen molar-refractivity contribution in [3.05, 3.63) is 59.7 Å². The number of aromatic hydroxyl groups is 2. The van der Waals surface area contributed by atoms with E-state index in [-0.39, 0.29) is 23.1 Å². The summed E-state index contributed by atoms with van der Waals surface area (Å²) in [5.41, 5.74) is 1.50. The second-order valence-electron chi connectivity index (χ2n) is 5.50. The summed E-state index contributed by atoms with van der Waals surface area (Å²) in [4.78, 5) is 24.1. The standard InChI is InChI=1S/C20H20O4/c1-3-5-17(21)13-7-9-19(23)15(11-13)16-12-14(8-10-20(16)24)18(22)6-4-2/h3,5,7-12,23-24H,4,6H2,1-2H3. The molecule has 2 N–H and O–H groups in total. The number of carbonyl (C=O) groups excluding carboxylic acids is 2. The van der Waals surface area contributed by atoms with Crippen LogP contribution in [0.2, 0.25) is 0 Å². The van der Waals surface area contributed by atoms with Gasteiger partial charge in [0.2, 0.25) is 0 Å². The van der Waals surface area contributed by atoms with Gasteiger partial charge in [0, 0.05) is 28.7 Å². The van der Waals surface area contributed by atoms with Crippen LogP contribution < -0.4 is 0 Å². The molecule has 2 rings (SSSR count). The lowest BCUT2D eigenvalue weighted by Crippen LogP contribution is -1.99. The maximum absolute atomic E-state index is 12.1. The lowest BCUT2D eigenvalue weighted by atomic mass is 9.96. The van der Waals surface area contributed by atoms with Crippen LogP contribution in [0.1, 0.15) is 47.4 Å². The highest BCUT2D eigenvalue weighted by atomic mass is 16.3. The van der Waals surface area contributed by atoms with Gasteiger partial charge in [-0.25, -0.2) is 0 Å². The number of ketones is 2. The van der Waals surface area contributed by atoms with Crippen LogP contribution in [0.5, 0.6) is 11.5 Å². The maximum atomic E-state index is 12.1. The van der Waals surface area contributed by atoms with E-state index in [0.29, 0.717) is 28.7 Å². The first-order chi connectivity index (χ1) is 11.5. The van der Waals surface area contributed by atoms with E-state index in [0.717, 1.165) is 6.42 Å². The summed E-state index contributed by atoms with van der Waals surface area (Å²) in [5.74, 6) is -0.354. The van der Waals surface area contributed by atoms with Gasteiger partial charge in [0.25, 0.3) is 0 Å². The molecule has 0 amide bonds. The van der Waals surface area contributed by atoms with E-state index in [1.54, 1.807) is 25.1 Å². The Morgan fingerprint density at radius 3 is 2.04 bits per heavy atom. The smallest absolute Gasteiger partial charge is 0.185 e. The number of carbonyl (C=O) groups is 2. The molecule has 0 saturated carbocycles. The van der Waals surface area contributed by atoms with Crippen LogP contribution >= 0.6 is 0 Å². The van der Waals surface area contributed by atoms with Gasteiger partial charge in [-0.3, -0.25) is 9.59 Å². The van der Waals surface area contributed by atoms with Gasteiger partial charge in [0.15, 0.2) is 11.6 Å². The summed E-state index contributed by atoms with van der Waals surface area (Å²) in [5, 5.41) is 20.3. The van der Waals surface area contributed by atoms with Gasteiger partial charge in [-0.15, -0.1) is 0 Å². The number of allylic oxidation sites excluding steroid dienone is 2. The van der Waals surface area contributed by atoms with Crippen LogP contribution in [-0.4, -0.2) is 21.8 Å². The minimum Gasteiger partial charge on any atom is -0.507 e. The highest BCUT2D eigenvalue weighted by Crippen LogP contribution is 2.37. The molecule has 2 aromatic carbocycles.